The molecule has 0 unspecified atom stereocenters. The third kappa shape index (κ3) is 3.43. The summed E-state index contributed by atoms with van der Waals surface area (Å²) >= 11 is 6.71. The number of methoxy groups -OCH3 is 1. The van der Waals surface area contributed by atoms with Crippen LogP contribution in [0, 0.1) is 0 Å². The summed E-state index contributed by atoms with van der Waals surface area (Å²) in [5.74, 6) is 1.06. The van der Waals surface area contributed by atoms with Gasteiger partial charge in [-0.15, -0.1) is 0 Å². The molecule has 0 amide bonds. The molecule has 1 aromatic carbocycles. The van der Waals surface area contributed by atoms with E-state index in [2.05, 4.69) is 47.1 Å². The summed E-state index contributed by atoms with van der Waals surface area (Å²) in [6, 6.07) is 8.07. The highest BCUT2D eigenvalue weighted by Gasteiger charge is 2.04. The number of hydrogen-bond donors (Lipinski definition) is 1. The zero-order valence-electron chi connectivity index (χ0n) is 9.65. The number of rotatable bonds is 4. The van der Waals surface area contributed by atoms with Crippen LogP contribution in [0.2, 0.25) is 0 Å². The maximum atomic E-state index is 5.11. The van der Waals surface area contributed by atoms with Crippen molar-refractivity contribution in [3.8, 4) is 5.88 Å². The average Bonchev–Trinajstić information content (AvgIpc) is 2.39. The normalized spacial score (nSPS) is 10.2. The summed E-state index contributed by atoms with van der Waals surface area (Å²) in [6.07, 6.45) is 1.66. The first-order valence-electron chi connectivity index (χ1n) is 5.24. The van der Waals surface area contributed by atoms with Gasteiger partial charge in [-0.1, -0.05) is 28.1 Å². The molecule has 0 spiro atoms. The third-order valence-corrected chi connectivity index (χ3v) is 3.34. The van der Waals surface area contributed by atoms with Crippen molar-refractivity contribution in [2.45, 2.75) is 6.54 Å². The smallest absolute Gasteiger partial charge is 0.232 e. The van der Waals surface area contributed by atoms with Crippen molar-refractivity contribution in [1.29, 1.82) is 0 Å². The van der Waals surface area contributed by atoms with Crippen LogP contribution in [0.4, 0.5) is 5.95 Å². The minimum absolute atomic E-state index is 0.517. The quantitative estimate of drug-likeness (QED) is 0.890. The van der Waals surface area contributed by atoms with Crippen molar-refractivity contribution in [2.75, 3.05) is 12.4 Å². The summed E-state index contributed by atoms with van der Waals surface area (Å²) in [5, 5.41) is 3.14. The molecule has 18 heavy (non-hydrogen) atoms. The molecule has 2 rings (SSSR count). The Bertz CT molecular complexity index is 531. The lowest BCUT2D eigenvalue weighted by Crippen LogP contribution is -2.04. The molecule has 0 aliphatic carbocycles. The maximum absolute atomic E-state index is 5.11. The van der Waals surface area contributed by atoms with Gasteiger partial charge in [0.2, 0.25) is 11.8 Å². The van der Waals surface area contributed by atoms with Crippen molar-refractivity contribution in [1.82, 2.24) is 9.97 Å². The monoisotopic (exact) mass is 371 g/mol. The van der Waals surface area contributed by atoms with Crippen molar-refractivity contribution in [3.63, 3.8) is 0 Å². The van der Waals surface area contributed by atoms with Crippen LogP contribution in [0.3, 0.4) is 0 Å². The molecular formula is C12H11Br2N3O. The largest absolute Gasteiger partial charge is 0.480 e. The van der Waals surface area contributed by atoms with Gasteiger partial charge in [-0.25, -0.2) is 4.98 Å². The van der Waals surface area contributed by atoms with E-state index in [0.29, 0.717) is 18.4 Å². The van der Waals surface area contributed by atoms with Crippen LogP contribution in [0.5, 0.6) is 5.88 Å². The molecule has 0 aliphatic rings. The Labute approximate surface area is 122 Å². The predicted octanol–water partition coefficient (Wildman–Crippen LogP) is 3.62. The van der Waals surface area contributed by atoms with E-state index in [4.69, 9.17) is 4.74 Å². The maximum Gasteiger partial charge on any atom is 0.232 e. The Hall–Kier alpha value is -1.14. The van der Waals surface area contributed by atoms with E-state index in [9.17, 15) is 0 Å². The van der Waals surface area contributed by atoms with Gasteiger partial charge in [-0.3, -0.25) is 0 Å². The molecular weight excluding hydrogens is 362 g/mol. The average molecular weight is 373 g/mol. The SMILES string of the molecule is COc1nc(NCc2ccc(Br)cc2)ncc1Br. The summed E-state index contributed by atoms with van der Waals surface area (Å²) in [6.45, 7) is 0.665. The topological polar surface area (TPSA) is 47.0 Å². The highest BCUT2D eigenvalue weighted by atomic mass is 79.9. The fraction of sp³-hybridized carbons (Fsp3) is 0.167. The third-order valence-electron chi connectivity index (χ3n) is 2.27. The Morgan fingerprint density at radius 3 is 2.61 bits per heavy atom. The number of benzene rings is 1. The lowest BCUT2D eigenvalue weighted by atomic mass is 10.2. The lowest BCUT2D eigenvalue weighted by molar-refractivity contribution is 0.394. The molecule has 0 saturated carbocycles. The first-order valence-corrected chi connectivity index (χ1v) is 6.82. The molecule has 6 heteroatoms. The first kappa shape index (κ1) is 13.3. The second-order valence-electron chi connectivity index (χ2n) is 3.53. The molecule has 94 valence electrons. The second-order valence-corrected chi connectivity index (χ2v) is 5.30. The predicted molar refractivity (Wildman–Crippen MR) is 77.8 cm³/mol. The number of halogens is 2. The Morgan fingerprint density at radius 2 is 1.94 bits per heavy atom. The first-order chi connectivity index (χ1) is 8.69. The van der Waals surface area contributed by atoms with Gasteiger partial charge < -0.3 is 10.1 Å². The number of aromatic nitrogens is 2. The van der Waals surface area contributed by atoms with Crippen LogP contribution in [0.1, 0.15) is 5.56 Å². The summed E-state index contributed by atoms with van der Waals surface area (Å²) in [5.41, 5.74) is 1.16. The highest BCUT2D eigenvalue weighted by Crippen LogP contribution is 2.22. The van der Waals surface area contributed by atoms with E-state index < -0.39 is 0 Å². The van der Waals surface area contributed by atoms with Crippen molar-refractivity contribution in [3.05, 3.63) is 45.0 Å². The Kier molecular flexibility index (Phi) is 4.54. The minimum Gasteiger partial charge on any atom is -0.480 e. The van der Waals surface area contributed by atoms with Crippen LogP contribution in [0.25, 0.3) is 0 Å². The number of nitrogens with zero attached hydrogens (tertiary/aromatic N) is 2. The molecule has 0 bridgehead atoms. The van der Waals surface area contributed by atoms with E-state index in [-0.39, 0.29) is 0 Å². The van der Waals surface area contributed by atoms with Crippen LogP contribution in [0.15, 0.2) is 39.4 Å². The zero-order valence-corrected chi connectivity index (χ0v) is 12.8. The van der Waals surface area contributed by atoms with Crippen LogP contribution in [-0.2, 0) is 6.54 Å². The molecule has 1 heterocycles. The van der Waals surface area contributed by atoms with E-state index in [1.165, 1.54) is 0 Å². The van der Waals surface area contributed by atoms with E-state index in [1.54, 1.807) is 13.3 Å². The Balaban J connectivity index is 2.04. The lowest BCUT2D eigenvalue weighted by Gasteiger charge is -2.07. The summed E-state index contributed by atoms with van der Waals surface area (Å²) < 4.78 is 6.91. The molecule has 0 atom stereocenters. The van der Waals surface area contributed by atoms with Crippen molar-refractivity contribution in [2.24, 2.45) is 0 Å². The van der Waals surface area contributed by atoms with Crippen LogP contribution < -0.4 is 10.1 Å². The molecule has 0 aliphatic heterocycles. The van der Waals surface area contributed by atoms with Gasteiger partial charge in [-0.05, 0) is 33.6 Å². The van der Waals surface area contributed by atoms with Gasteiger partial charge in [0.25, 0.3) is 0 Å². The molecule has 0 saturated heterocycles. The second kappa shape index (κ2) is 6.15. The summed E-state index contributed by atoms with van der Waals surface area (Å²) in [4.78, 5) is 8.38. The molecule has 1 aromatic heterocycles. The van der Waals surface area contributed by atoms with Crippen LogP contribution >= 0.6 is 31.9 Å². The Morgan fingerprint density at radius 1 is 1.22 bits per heavy atom. The van der Waals surface area contributed by atoms with Gasteiger partial charge in [0, 0.05) is 11.0 Å². The molecule has 1 N–H and O–H groups in total. The molecule has 2 aromatic rings. The minimum atomic E-state index is 0.517. The number of hydrogen-bond acceptors (Lipinski definition) is 4. The van der Waals surface area contributed by atoms with Gasteiger partial charge >= 0.3 is 0 Å². The fourth-order valence-electron chi connectivity index (χ4n) is 1.36. The van der Waals surface area contributed by atoms with Crippen molar-refractivity contribution >= 4 is 37.8 Å². The van der Waals surface area contributed by atoms with Gasteiger partial charge in [0.05, 0.1) is 17.8 Å². The molecule has 0 radical (unpaired) electrons. The van der Waals surface area contributed by atoms with E-state index in [0.717, 1.165) is 14.5 Å². The van der Waals surface area contributed by atoms with Crippen molar-refractivity contribution < 1.29 is 4.74 Å². The molecule has 4 nitrogen and oxygen atoms in total. The number of anilines is 1. The zero-order chi connectivity index (χ0) is 13.0. The van der Waals surface area contributed by atoms with Crippen LogP contribution in [-0.4, -0.2) is 17.1 Å². The van der Waals surface area contributed by atoms with Gasteiger partial charge in [-0.2, -0.15) is 4.98 Å². The standard InChI is InChI=1S/C12H11Br2N3O/c1-18-11-10(14)7-16-12(17-11)15-6-8-2-4-9(13)5-3-8/h2-5,7H,6H2,1H3,(H,15,16,17). The number of nitrogens with one attached hydrogen (secondary N) is 1. The van der Waals surface area contributed by atoms with Gasteiger partial charge in [0.1, 0.15) is 0 Å². The van der Waals surface area contributed by atoms with Gasteiger partial charge in [0.15, 0.2) is 0 Å². The van der Waals surface area contributed by atoms with E-state index in [1.807, 2.05) is 24.3 Å². The number of ether oxygens (including phenoxy) is 1. The summed E-state index contributed by atoms with van der Waals surface area (Å²) in [7, 11) is 1.57. The fourth-order valence-corrected chi connectivity index (χ4v) is 1.98. The highest BCUT2D eigenvalue weighted by molar-refractivity contribution is 9.10. The van der Waals surface area contributed by atoms with E-state index >= 15 is 0 Å². The molecule has 0 fully saturated rings.